The Morgan fingerprint density at radius 3 is 2.71 bits per heavy atom. The van der Waals surface area contributed by atoms with E-state index in [2.05, 4.69) is 47.2 Å². The van der Waals surface area contributed by atoms with Gasteiger partial charge in [-0.1, -0.05) is 33.3 Å². The summed E-state index contributed by atoms with van der Waals surface area (Å²) in [6, 6.07) is 5.89. The molecule has 1 aromatic carbocycles. The number of carbonyl (C=O) groups is 1. The van der Waals surface area contributed by atoms with E-state index >= 15 is 0 Å². The molecular weight excluding hydrogens is 332 g/mol. The van der Waals surface area contributed by atoms with E-state index in [1.807, 2.05) is 25.1 Å². The third kappa shape index (κ3) is 6.29. The van der Waals surface area contributed by atoms with Gasteiger partial charge in [0.05, 0.1) is 4.47 Å². The van der Waals surface area contributed by atoms with Crippen LogP contribution in [0.4, 0.5) is 0 Å². The van der Waals surface area contributed by atoms with Gasteiger partial charge in [0.2, 0.25) is 0 Å². The molecule has 0 heterocycles. The Morgan fingerprint density at radius 1 is 1.43 bits per heavy atom. The molecular formula is C16H23BrN2O2. The van der Waals surface area contributed by atoms with Crippen molar-refractivity contribution in [2.24, 2.45) is 5.10 Å². The van der Waals surface area contributed by atoms with Gasteiger partial charge < -0.3 is 4.74 Å². The van der Waals surface area contributed by atoms with Gasteiger partial charge in [0.25, 0.3) is 5.91 Å². The van der Waals surface area contributed by atoms with E-state index in [1.165, 1.54) is 5.56 Å². The van der Waals surface area contributed by atoms with Gasteiger partial charge >= 0.3 is 0 Å². The summed E-state index contributed by atoms with van der Waals surface area (Å²) in [7, 11) is 0. The first-order valence-corrected chi connectivity index (χ1v) is 7.97. The zero-order valence-corrected chi connectivity index (χ0v) is 14.7. The molecule has 0 saturated heterocycles. The fourth-order valence-corrected chi connectivity index (χ4v) is 2.26. The van der Waals surface area contributed by atoms with Crippen LogP contribution < -0.4 is 10.2 Å². The lowest BCUT2D eigenvalue weighted by atomic mass is 10.0. The minimum Gasteiger partial charge on any atom is -0.483 e. The molecule has 5 heteroatoms. The third-order valence-corrected chi connectivity index (χ3v) is 3.58. The molecule has 1 amide bonds. The molecule has 4 nitrogen and oxygen atoms in total. The minimum absolute atomic E-state index is 0.0530. The van der Waals surface area contributed by atoms with Gasteiger partial charge in [0, 0.05) is 5.71 Å². The topological polar surface area (TPSA) is 50.7 Å². The number of benzene rings is 1. The second kappa shape index (κ2) is 8.82. The van der Waals surface area contributed by atoms with Crippen LogP contribution in [0, 0.1) is 0 Å². The van der Waals surface area contributed by atoms with E-state index in [4.69, 9.17) is 4.74 Å². The Morgan fingerprint density at radius 2 is 2.14 bits per heavy atom. The molecule has 0 atom stereocenters. The van der Waals surface area contributed by atoms with Gasteiger partial charge in [-0.2, -0.15) is 5.10 Å². The Hall–Kier alpha value is -1.36. The summed E-state index contributed by atoms with van der Waals surface area (Å²) in [6.07, 6.45) is 1.89. The van der Waals surface area contributed by atoms with E-state index in [9.17, 15) is 4.79 Å². The van der Waals surface area contributed by atoms with Gasteiger partial charge in [-0.15, -0.1) is 0 Å². The lowest BCUT2D eigenvalue weighted by molar-refractivity contribution is -0.123. The predicted molar refractivity (Wildman–Crippen MR) is 89.9 cm³/mol. The van der Waals surface area contributed by atoms with Crippen LogP contribution in [-0.2, 0) is 4.79 Å². The third-order valence-electron chi connectivity index (χ3n) is 2.96. The normalized spacial score (nSPS) is 11.6. The summed E-state index contributed by atoms with van der Waals surface area (Å²) in [5.41, 5.74) is 4.63. The van der Waals surface area contributed by atoms with E-state index in [0.29, 0.717) is 11.7 Å². The fraction of sp³-hybridized carbons (Fsp3) is 0.500. The van der Waals surface area contributed by atoms with Gasteiger partial charge in [0.1, 0.15) is 5.75 Å². The SMILES string of the molecule is CCC/C(C)=N/NC(=O)COc1ccc(C(C)C)cc1Br. The van der Waals surface area contributed by atoms with Gasteiger partial charge in [-0.05, 0) is 52.9 Å². The molecule has 0 aliphatic carbocycles. The first-order valence-electron chi connectivity index (χ1n) is 7.18. The molecule has 0 bridgehead atoms. The van der Waals surface area contributed by atoms with Crippen LogP contribution in [0.15, 0.2) is 27.8 Å². The molecule has 1 rings (SSSR count). The molecule has 1 aromatic rings. The lowest BCUT2D eigenvalue weighted by Crippen LogP contribution is -2.25. The molecule has 0 fully saturated rings. The quantitative estimate of drug-likeness (QED) is 0.587. The number of hydrogen-bond acceptors (Lipinski definition) is 3. The largest absolute Gasteiger partial charge is 0.483 e. The first kappa shape index (κ1) is 17.7. The molecule has 0 saturated carbocycles. The van der Waals surface area contributed by atoms with Crippen molar-refractivity contribution in [3.8, 4) is 5.75 Å². The maximum Gasteiger partial charge on any atom is 0.277 e. The highest BCUT2D eigenvalue weighted by atomic mass is 79.9. The molecule has 0 aliphatic rings. The standard InChI is InChI=1S/C16H23BrN2O2/c1-5-6-12(4)18-19-16(20)10-21-15-8-7-13(11(2)3)9-14(15)17/h7-9,11H,5-6,10H2,1-4H3,(H,19,20)/b18-12+. The van der Waals surface area contributed by atoms with E-state index in [-0.39, 0.29) is 12.5 Å². The predicted octanol–water partition coefficient (Wildman–Crippen LogP) is 4.24. The van der Waals surface area contributed by atoms with Crippen LogP contribution in [0.3, 0.4) is 0 Å². The van der Waals surface area contributed by atoms with Crippen molar-refractivity contribution in [2.75, 3.05) is 6.61 Å². The van der Waals surface area contributed by atoms with Gasteiger partial charge in [-0.3, -0.25) is 4.79 Å². The number of ether oxygens (including phenoxy) is 1. The number of rotatable bonds is 7. The maximum absolute atomic E-state index is 11.7. The number of hydrazone groups is 1. The Bertz CT molecular complexity index is 513. The van der Waals surface area contributed by atoms with Crippen LogP contribution in [0.1, 0.15) is 52.0 Å². The van der Waals surface area contributed by atoms with Gasteiger partial charge in [-0.25, -0.2) is 5.43 Å². The maximum atomic E-state index is 11.7. The highest BCUT2D eigenvalue weighted by Gasteiger charge is 2.07. The lowest BCUT2D eigenvalue weighted by Gasteiger charge is -2.11. The molecule has 21 heavy (non-hydrogen) atoms. The molecule has 0 spiro atoms. The average molecular weight is 355 g/mol. The minimum atomic E-state index is -0.259. The Balaban J connectivity index is 2.52. The number of carbonyl (C=O) groups excluding carboxylic acids is 1. The second-order valence-corrected chi connectivity index (χ2v) is 6.12. The molecule has 0 aliphatic heterocycles. The summed E-state index contributed by atoms with van der Waals surface area (Å²) in [4.78, 5) is 11.7. The molecule has 0 aromatic heterocycles. The van der Waals surface area contributed by atoms with Crippen molar-refractivity contribution in [1.82, 2.24) is 5.43 Å². The average Bonchev–Trinajstić information content (AvgIpc) is 2.44. The highest BCUT2D eigenvalue weighted by molar-refractivity contribution is 9.10. The van der Waals surface area contributed by atoms with Crippen molar-refractivity contribution in [3.63, 3.8) is 0 Å². The molecule has 0 radical (unpaired) electrons. The fourth-order valence-electron chi connectivity index (χ4n) is 1.74. The number of amides is 1. The van der Waals surface area contributed by atoms with Crippen molar-refractivity contribution < 1.29 is 9.53 Å². The number of nitrogens with zero attached hydrogens (tertiary/aromatic N) is 1. The van der Waals surface area contributed by atoms with Crippen LogP contribution >= 0.6 is 15.9 Å². The Labute approximate surface area is 135 Å². The van der Waals surface area contributed by atoms with Crippen molar-refractivity contribution in [1.29, 1.82) is 0 Å². The number of nitrogens with one attached hydrogen (secondary N) is 1. The van der Waals surface area contributed by atoms with Crippen LogP contribution in [-0.4, -0.2) is 18.2 Å². The van der Waals surface area contributed by atoms with Crippen molar-refractivity contribution in [2.45, 2.75) is 46.5 Å². The van der Waals surface area contributed by atoms with Crippen molar-refractivity contribution in [3.05, 3.63) is 28.2 Å². The van der Waals surface area contributed by atoms with E-state index in [1.54, 1.807) is 0 Å². The Kier molecular flexibility index (Phi) is 7.43. The summed E-state index contributed by atoms with van der Waals surface area (Å²) in [6.45, 7) is 8.18. The summed E-state index contributed by atoms with van der Waals surface area (Å²) >= 11 is 3.46. The van der Waals surface area contributed by atoms with E-state index in [0.717, 1.165) is 23.0 Å². The second-order valence-electron chi connectivity index (χ2n) is 5.27. The van der Waals surface area contributed by atoms with Crippen LogP contribution in [0.5, 0.6) is 5.75 Å². The molecule has 0 unspecified atom stereocenters. The zero-order chi connectivity index (χ0) is 15.8. The smallest absolute Gasteiger partial charge is 0.277 e. The summed E-state index contributed by atoms with van der Waals surface area (Å²) < 4.78 is 6.35. The van der Waals surface area contributed by atoms with Crippen LogP contribution in [0.2, 0.25) is 0 Å². The molecule has 116 valence electrons. The van der Waals surface area contributed by atoms with Crippen LogP contribution in [0.25, 0.3) is 0 Å². The summed E-state index contributed by atoms with van der Waals surface area (Å²) in [5, 5.41) is 4.01. The highest BCUT2D eigenvalue weighted by Crippen LogP contribution is 2.28. The van der Waals surface area contributed by atoms with Crippen molar-refractivity contribution >= 4 is 27.5 Å². The molecule has 1 N–H and O–H groups in total. The van der Waals surface area contributed by atoms with E-state index < -0.39 is 0 Å². The number of halogens is 1. The number of hydrogen-bond donors (Lipinski definition) is 1. The zero-order valence-electron chi connectivity index (χ0n) is 13.1. The first-order chi connectivity index (χ1) is 9.93. The monoisotopic (exact) mass is 354 g/mol. The van der Waals surface area contributed by atoms with Gasteiger partial charge in [0.15, 0.2) is 6.61 Å². The summed E-state index contributed by atoms with van der Waals surface area (Å²) in [5.74, 6) is 0.851.